The minimum absolute atomic E-state index is 0.0925. The Hall–Kier alpha value is -0.590. The van der Waals surface area contributed by atoms with Crippen LogP contribution in [0.3, 0.4) is 0 Å². The maximum absolute atomic E-state index is 6.08. The minimum atomic E-state index is 0.0925. The van der Waals surface area contributed by atoms with Crippen molar-refractivity contribution in [2.75, 3.05) is 18.1 Å². The van der Waals surface area contributed by atoms with Gasteiger partial charge in [0.15, 0.2) is 5.82 Å². The predicted octanol–water partition coefficient (Wildman–Crippen LogP) is 2.39. The van der Waals surface area contributed by atoms with Gasteiger partial charge in [-0.25, -0.2) is 9.67 Å². The molecule has 0 aliphatic carbocycles. The van der Waals surface area contributed by atoms with Gasteiger partial charge in [0.1, 0.15) is 6.33 Å². The fourth-order valence-corrected chi connectivity index (χ4v) is 4.38. The van der Waals surface area contributed by atoms with E-state index >= 15 is 0 Å². The number of hydrogen-bond acceptors (Lipinski definition) is 5. The molecule has 1 N–H and O–H groups in total. The Kier molecular flexibility index (Phi) is 4.30. The zero-order valence-corrected chi connectivity index (χ0v) is 14.1. The van der Waals surface area contributed by atoms with Crippen LogP contribution in [0, 0.1) is 0 Å². The highest BCUT2D eigenvalue weighted by Crippen LogP contribution is 2.41. The van der Waals surface area contributed by atoms with Gasteiger partial charge < -0.3 is 10.1 Å². The highest BCUT2D eigenvalue weighted by atomic mass is 32.2. The summed E-state index contributed by atoms with van der Waals surface area (Å²) in [5.41, 5.74) is 0.193. The molecule has 0 saturated carbocycles. The van der Waals surface area contributed by atoms with Gasteiger partial charge >= 0.3 is 0 Å². The number of thioether (sulfide) groups is 1. The van der Waals surface area contributed by atoms with Crippen molar-refractivity contribution >= 4 is 11.8 Å². The maximum atomic E-state index is 6.08. The molecule has 2 atom stereocenters. The Bertz CT molecular complexity index is 476. The van der Waals surface area contributed by atoms with E-state index in [-0.39, 0.29) is 11.1 Å². The van der Waals surface area contributed by atoms with E-state index in [4.69, 9.17) is 4.74 Å². The van der Waals surface area contributed by atoms with Crippen molar-refractivity contribution < 1.29 is 4.74 Å². The largest absolute Gasteiger partial charge is 0.374 e. The Balaban J connectivity index is 1.63. The highest BCUT2D eigenvalue weighted by Gasteiger charge is 2.41. The molecule has 2 aliphatic heterocycles. The first-order chi connectivity index (χ1) is 9.96. The maximum Gasteiger partial charge on any atom is 0.164 e. The van der Waals surface area contributed by atoms with Crippen molar-refractivity contribution in [3.8, 4) is 0 Å². The summed E-state index contributed by atoms with van der Waals surface area (Å²) in [4.78, 5) is 4.45. The average molecular weight is 310 g/mol. The monoisotopic (exact) mass is 310 g/mol. The van der Waals surface area contributed by atoms with Crippen molar-refractivity contribution in [2.24, 2.45) is 0 Å². The van der Waals surface area contributed by atoms with Crippen molar-refractivity contribution in [3.63, 3.8) is 0 Å². The van der Waals surface area contributed by atoms with Crippen LogP contribution in [0.2, 0.25) is 0 Å². The summed E-state index contributed by atoms with van der Waals surface area (Å²) in [6, 6.07) is 0.438. The second-order valence-corrected chi connectivity index (χ2v) is 8.33. The van der Waals surface area contributed by atoms with Crippen molar-refractivity contribution in [2.45, 2.75) is 63.8 Å². The van der Waals surface area contributed by atoms with E-state index in [1.165, 1.54) is 12.2 Å². The van der Waals surface area contributed by atoms with E-state index in [1.807, 2.05) is 18.1 Å². The number of nitrogens with one attached hydrogen (secondary N) is 1. The van der Waals surface area contributed by atoms with Crippen LogP contribution >= 0.6 is 11.8 Å². The van der Waals surface area contributed by atoms with Crippen LogP contribution in [-0.4, -0.2) is 44.0 Å². The quantitative estimate of drug-likeness (QED) is 0.929. The summed E-state index contributed by atoms with van der Waals surface area (Å²) in [7, 11) is 0. The number of aromatic nitrogens is 3. The van der Waals surface area contributed by atoms with Crippen LogP contribution < -0.4 is 5.32 Å². The first-order valence-corrected chi connectivity index (χ1v) is 8.98. The summed E-state index contributed by atoms with van der Waals surface area (Å²) in [5.74, 6) is 3.24. The van der Waals surface area contributed by atoms with Gasteiger partial charge in [0.2, 0.25) is 0 Å². The average Bonchev–Trinajstić information content (AvgIpc) is 3.06. The van der Waals surface area contributed by atoms with Gasteiger partial charge in [-0.2, -0.15) is 16.9 Å². The Morgan fingerprint density at radius 1 is 1.52 bits per heavy atom. The molecule has 0 amide bonds. The minimum Gasteiger partial charge on any atom is -0.374 e. The van der Waals surface area contributed by atoms with Crippen LogP contribution in [0.25, 0.3) is 0 Å². The third kappa shape index (κ3) is 3.79. The Morgan fingerprint density at radius 3 is 3.10 bits per heavy atom. The number of ether oxygens (including phenoxy) is 1. The lowest BCUT2D eigenvalue weighted by molar-refractivity contribution is -0.0779. The molecule has 1 aromatic rings. The molecule has 1 aromatic heterocycles. The van der Waals surface area contributed by atoms with Gasteiger partial charge in [0.05, 0.1) is 18.2 Å². The smallest absolute Gasteiger partial charge is 0.164 e. The van der Waals surface area contributed by atoms with Gasteiger partial charge in [-0.3, -0.25) is 0 Å². The number of hydrogen-bond donors (Lipinski definition) is 1. The zero-order valence-electron chi connectivity index (χ0n) is 13.3. The molecule has 3 heterocycles. The van der Waals surface area contributed by atoms with Crippen molar-refractivity contribution in [1.82, 2.24) is 20.1 Å². The van der Waals surface area contributed by atoms with Crippen LogP contribution in [-0.2, 0) is 11.3 Å². The van der Waals surface area contributed by atoms with Crippen LogP contribution in [0.4, 0.5) is 0 Å². The summed E-state index contributed by atoms with van der Waals surface area (Å²) < 4.78 is 8.14. The van der Waals surface area contributed by atoms with Gasteiger partial charge in [-0.15, -0.1) is 0 Å². The lowest BCUT2D eigenvalue weighted by Gasteiger charge is -2.37. The molecule has 2 aliphatic rings. The normalized spacial score (nSPS) is 30.1. The Labute approximate surface area is 131 Å². The second kappa shape index (κ2) is 5.89. The van der Waals surface area contributed by atoms with E-state index in [2.05, 4.69) is 40.9 Å². The number of rotatable bonds is 3. The molecule has 5 nitrogen and oxygen atoms in total. The van der Waals surface area contributed by atoms with Gasteiger partial charge in [0.25, 0.3) is 0 Å². The van der Waals surface area contributed by atoms with E-state index in [1.54, 1.807) is 0 Å². The SMILES string of the molecule is CC(C)(C)NCc1ncn(C2CCOC3(CCSC3)C2)n1. The summed E-state index contributed by atoms with van der Waals surface area (Å²) >= 11 is 2.01. The molecule has 2 saturated heterocycles. The molecule has 118 valence electrons. The van der Waals surface area contributed by atoms with Crippen molar-refractivity contribution in [3.05, 3.63) is 12.2 Å². The molecule has 0 aromatic carbocycles. The van der Waals surface area contributed by atoms with E-state index in [0.29, 0.717) is 6.04 Å². The summed E-state index contributed by atoms with van der Waals surface area (Å²) in [6.07, 6.45) is 5.20. The van der Waals surface area contributed by atoms with E-state index < -0.39 is 0 Å². The molecule has 1 spiro atoms. The third-order valence-corrected chi connectivity index (χ3v) is 5.46. The van der Waals surface area contributed by atoms with E-state index in [0.717, 1.165) is 37.6 Å². The molecule has 0 radical (unpaired) electrons. The van der Waals surface area contributed by atoms with Crippen LogP contribution in [0.5, 0.6) is 0 Å². The molecule has 0 bridgehead atoms. The lowest BCUT2D eigenvalue weighted by Crippen LogP contribution is -2.40. The lowest BCUT2D eigenvalue weighted by atomic mass is 9.90. The summed E-state index contributed by atoms with van der Waals surface area (Å²) in [5, 5.41) is 8.11. The molecular formula is C15H26N4OS. The molecule has 2 fully saturated rings. The highest BCUT2D eigenvalue weighted by molar-refractivity contribution is 7.99. The standard InChI is InChI=1S/C15H26N4OS/c1-14(2,3)17-9-13-16-11-19(18-13)12-4-6-20-15(8-12)5-7-21-10-15/h11-12,17H,4-10H2,1-3H3. The first-order valence-electron chi connectivity index (χ1n) is 7.83. The van der Waals surface area contributed by atoms with E-state index in [9.17, 15) is 0 Å². The van der Waals surface area contributed by atoms with Gasteiger partial charge in [-0.1, -0.05) is 0 Å². The summed E-state index contributed by atoms with van der Waals surface area (Å²) in [6.45, 7) is 8.04. The Morgan fingerprint density at radius 2 is 2.38 bits per heavy atom. The topological polar surface area (TPSA) is 52.0 Å². The van der Waals surface area contributed by atoms with Crippen LogP contribution in [0.1, 0.15) is 51.9 Å². The fourth-order valence-electron chi connectivity index (χ4n) is 3.00. The molecule has 3 rings (SSSR count). The van der Waals surface area contributed by atoms with Gasteiger partial charge in [-0.05, 0) is 45.8 Å². The molecular weight excluding hydrogens is 284 g/mol. The van der Waals surface area contributed by atoms with Crippen LogP contribution in [0.15, 0.2) is 6.33 Å². The second-order valence-electron chi connectivity index (χ2n) is 7.23. The number of nitrogens with zero attached hydrogens (tertiary/aromatic N) is 3. The van der Waals surface area contributed by atoms with Crippen molar-refractivity contribution in [1.29, 1.82) is 0 Å². The molecule has 6 heteroatoms. The predicted molar refractivity (Wildman–Crippen MR) is 85.5 cm³/mol. The molecule has 2 unspecified atom stereocenters. The fraction of sp³-hybridized carbons (Fsp3) is 0.867. The first kappa shape index (κ1) is 15.3. The van der Waals surface area contributed by atoms with Gasteiger partial charge in [0, 0.05) is 17.9 Å². The zero-order chi connectivity index (χ0) is 14.9. The molecule has 21 heavy (non-hydrogen) atoms. The third-order valence-electron chi connectivity index (χ3n) is 4.24.